The molecule has 0 heterocycles. The predicted octanol–water partition coefficient (Wildman–Crippen LogP) is 4.20. The monoisotopic (exact) mass is 304 g/mol. The first-order valence-corrected chi connectivity index (χ1v) is 5.62. The van der Waals surface area contributed by atoms with Gasteiger partial charge in [-0.25, -0.2) is 0 Å². The van der Waals surface area contributed by atoms with Crippen molar-refractivity contribution in [2.75, 3.05) is 0 Å². The number of alkyl halides is 3. The molecule has 0 aliphatic rings. The standard InChI is InChI=1S/C12H8BrF3O/c13-9-6-5-7-3-1-2-4-8(7)10(9)11(17)12(14,15)16/h1-6,11,17H. The lowest BCUT2D eigenvalue weighted by Crippen LogP contribution is -2.20. The van der Waals surface area contributed by atoms with Gasteiger partial charge in [0.15, 0.2) is 6.10 Å². The van der Waals surface area contributed by atoms with Crippen molar-refractivity contribution >= 4 is 26.7 Å². The fraction of sp³-hybridized carbons (Fsp3) is 0.167. The Bertz CT molecular complexity index is 551. The highest BCUT2D eigenvalue weighted by Gasteiger charge is 2.41. The number of halogens is 4. The lowest BCUT2D eigenvalue weighted by molar-refractivity contribution is -0.206. The van der Waals surface area contributed by atoms with E-state index >= 15 is 0 Å². The first kappa shape index (κ1) is 12.4. The quantitative estimate of drug-likeness (QED) is 0.837. The van der Waals surface area contributed by atoms with Crippen LogP contribution in [0.5, 0.6) is 0 Å². The number of aliphatic hydroxyl groups is 1. The number of hydrogen-bond donors (Lipinski definition) is 1. The summed E-state index contributed by atoms with van der Waals surface area (Å²) < 4.78 is 38.0. The third-order valence-corrected chi connectivity index (χ3v) is 3.19. The van der Waals surface area contributed by atoms with Crippen molar-refractivity contribution in [1.29, 1.82) is 0 Å². The van der Waals surface area contributed by atoms with E-state index in [0.717, 1.165) is 0 Å². The Morgan fingerprint density at radius 2 is 1.71 bits per heavy atom. The van der Waals surface area contributed by atoms with Crippen molar-refractivity contribution in [1.82, 2.24) is 0 Å². The maximum Gasteiger partial charge on any atom is 0.418 e. The van der Waals surface area contributed by atoms with Crippen molar-refractivity contribution in [3.63, 3.8) is 0 Å². The molecule has 0 amide bonds. The molecule has 0 aliphatic carbocycles. The lowest BCUT2D eigenvalue weighted by atomic mass is 10.0. The summed E-state index contributed by atoms with van der Waals surface area (Å²) in [5.41, 5.74) is -0.143. The normalized spacial score (nSPS) is 13.9. The molecule has 0 saturated carbocycles. The predicted molar refractivity (Wildman–Crippen MR) is 62.7 cm³/mol. The molecule has 17 heavy (non-hydrogen) atoms. The molecular weight excluding hydrogens is 297 g/mol. The minimum Gasteiger partial charge on any atom is -0.379 e. The molecule has 2 aromatic carbocycles. The molecule has 90 valence electrons. The van der Waals surface area contributed by atoms with E-state index in [1.165, 1.54) is 6.07 Å². The van der Waals surface area contributed by atoms with Crippen molar-refractivity contribution in [3.05, 3.63) is 46.4 Å². The first-order chi connectivity index (χ1) is 7.91. The van der Waals surface area contributed by atoms with Gasteiger partial charge in [-0.1, -0.05) is 46.3 Å². The summed E-state index contributed by atoms with van der Waals surface area (Å²) >= 11 is 3.05. The molecule has 0 spiro atoms. The van der Waals surface area contributed by atoms with E-state index in [0.29, 0.717) is 10.8 Å². The van der Waals surface area contributed by atoms with Gasteiger partial charge < -0.3 is 5.11 Å². The van der Waals surface area contributed by atoms with E-state index in [9.17, 15) is 18.3 Å². The zero-order valence-corrected chi connectivity index (χ0v) is 10.1. The highest BCUT2D eigenvalue weighted by Crippen LogP contribution is 2.39. The fourth-order valence-electron chi connectivity index (χ4n) is 1.71. The van der Waals surface area contributed by atoms with Gasteiger partial charge in [0.25, 0.3) is 0 Å². The van der Waals surface area contributed by atoms with Gasteiger partial charge in [-0.3, -0.25) is 0 Å². The number of fused-ring (bicyclic) bond motifs is 1. The maximum atomic E-state index is 12.6. The Hall–Kier alpha value is -1.07. The van der Waals surface area contributed by atoms with Crippen LogP contribution in [0.4, 0.5) is 13.2 Å². The Balaban J connectivity index is 2.71. The second-order valence-corrected chi connectivity index (χ2v) is 4.48. The molecule has 0 aromatic heterocycles. The summed E-state index contributed by atoms with van der Waals surface area (Å²) in [6, 6.07) is 9.85. The van der Waals surface area contributed by atoms with E-state index in [1.54, 1.807) is 30.3 Å². The summed E-state index contributed by atoms with van der Waals surface area (Å²) in [5, 5.41) is 10.4. The highest BCUT2D eigenvalue weighted by molar-refractivity contribution is 9.10. The molecule has 0 saturated heterocycles. The number of rotatable bonds is 1. The molecule has 0 radical (unpaired) electrons. The summed E-state index contributed by atoms with van der Waals surface area (Å²) in [6.45, 7) is 0. The zero-order chi connectivity index (χ0) is 12.6. The summed E-state index contributed by atoms with van der Waals surface area (Å²) in [4.78, 5) is 0. The third-order valence-electron chi connectivity index (χ3n) is 2.50. The smallest absolute Gasteiger partial charge is 0.379 e. The topological polar surface area (TPSA) is 20.2 Å². The maximum absolute atomic E-state index is 12.6. The second-order valence-electron chi connectivity index (χ2n) is 3.63. The largest absolute Gasteiger partial charge is 0.418 e. The van der Waals surface area contributed by atoms with Crippen molar-refractivity contribution in [2.45, 2.75) is 12.3 Å². The molecule has 2 aromatic rings. The van der Waals surface area contributed by atoms with Crippen LogP contribution in [0.1, 0.15) is 11.7 Å². The summed E-state index contributed by atoms with van der Waals surface area (Å²) in [6.07, 6.45) is -7.16. The van der Waals surface area contributed by atoms with Crippen LogP contribution < -0.4 is 0 Å². The van der Waals surface area contributed by atoms with Crippen LogP contribution in [-0.2, 0) is 0 Å². The minimum atomic E-state index is -4.67. The number of hydrogen-bond acceptors (Lipinski definition) is 1. The van der Waals surface area contributed by atoms with E-state index in [4.69, 9.17) is 0 Å². The van der Waals surface area contributed by atoms with Gasteiger partial charge in [-0.05, 0) is 16.8 Å². The molecule has 5 heteroatoms. The first-order valence-electron chi connectivity index (χ1n) is 4.83. The van der Waals surface area contributed by atoms with Gasteiger partial charge >= 0.3 is 6.18 Å². The average molecular weight is 305 g/mol. The molecule has 1 nitrogen and oxygen atoms in total. The zero-order valence-electron chi connectivity index (χ0n) is 8.50. The molecule has 2 rings (SSSR count). The summed E-state index contributed by atoms with van der Waals surface area (Å²) in [5.74, 6) is 0. The van der Waals surface area contributed by atoms with Crippen molar-refractivity contribution < 1.29 is 18.3 Å². The van der Waals surface area contributed by atoms with Crippen LogP contribution in [0.15, 0.2) is 40.9 Å². The SMILES string of the molecule is OC(c1c(Br)ccc2ccccc12)C(F)(F)F. The Kier molecular flexibility index (Phi) is 3.14. The second kappa shape index (κ2) is 4.31. The van der Waals surface area contributed by atoms with Crippen LogP contribution >= 0.6 is 15.9 Å². The Labute approximate surface area is 104 Å². The highest BCUT2D eigenvalue weighted by atomic mass is 79.9. The van der Waals surface area contributed by atoms with Crippen LogP contribution in [0, 0.1) is 0 Å². The number of aliphatic hydroxyl groups excluding tert-OH is 1. The van der Waals surface area contributed by atoms with Crippen molar-refractivity contribution in [2.24, 2.45) is 0 Å². The van der Waals surface area contributed by atoms with Gasteiger partial charge in [0.1, 0.15) is 0 Å². The Morgan fingerprint density at radius 1 is 1.06 bits per heavy atom. The van der Waals surface area contributed by atoms with Crippen LogP contribution in [0.3, 0.4) is 0 Å². The lowest BCUT2D eigenvalue weighted by Gasteiger charge is -2.18. The van der Waals surface area contributed by atoms with E-state index in [-0.39, 0.29) is 10.0 Å². The molecule has 0 fully saturated rings. The van der Waals surface area contributed by atoms with Gasteiger partial charge in [0, 0.05) is 10.0 Å². The van der Waals surface area contributed by atoms with Gasteiger partial charge in [-0.15, -0.1) is 0 Å². The van der Waals surface area contributed by atoms with E-state index in [1.807, 2.05) is 0 Å². The fourth-order valence-corrected chi connectivity index (χ4v) is 2.27. The third kappa shape index (κ3) is 2.30. The van der Waals surface area contributed by atoms with Gasteiger partial charge in [0.2, 0.25) is 0 Å². The Morgan fingerprint density at radius 3 is 2.35 bits per heavy atom. The molecule has 1 atom stereocenters. The average Bonchev–Trinajstić information content (AvgIpc) is 2.27. The molecule has 0 bridgehead atoms. The molecule has 0 aliphatic heterocycles. The van der Waals surface area contributed by atoms with E-state index < -0.39 is 12.3 Å². The summed E-state index contributed by atoms with van der Waals surface area (Å²) in [7, 11) is 0. The molecule has 1 N–H and O–H groups in total. The van der Waals surface area contributed by atoms with Crippen LogP contribution in [0.2, 0.25) is 0 Å². The van der Waals surface area contributed by atoms with E-state index in [2.05, 4.69) is 15.9 Å². The van der Waals surface area contributed by atoms with Gasteiger partial charge in [-0.2, -0.15) is 13.2 Å². The minimum absolute atomic E-state index is 0.143. The molecule has 1 unspecified atom stereocenters. The molecular formula is C12H8BrF3O. The van der Waals surface area contributed by atoms with Crippen molar-refractivity contribution in [3.8, 4) is 0 Å². The van der Waals surface area contributed by atoms with Crippen LogP contribution in [-0.4, -0.2) is 11.3 Å². The van der Waals surface area contributed by atoms with Gasteiger partial charge in [0.05, 0.1) is 0 Å². The number of benzene rings is 2. The van der Waals surface area contributed by atoms with Crippen LogP contribution in [0.25, 0.3) is 10.8 Å².